The zero-order valence-electron chi connectivity index (χ0n) is 23.0. The Morgan fingerprint density at radius 3 is 2.29 bits per heavy atom. The maximum Gasteiger partial charge on any atom is 0.254 e. The largest absolute Gasteiger partial charge is 0.493 e. The molecule has 8 nitrogen and oxygen atoms in total. The minimum atomic E-state index is -0.166. The van der Waals surface area contributed by atoms with Crippen molar-refractivity contribution in [3.63, 3.8) is 0 Å². The van der Waals surface area contributed by atoms with E-state index in [4.69, 9.17) is 18.6 Å². The van der Waals surface area contributed by atoms with Gasteiger partial charge >= 0.3 is 0 Å². The van der Waals surface area contributed by atoms with Gasteiger partial charge < -0.3 is 28.4 Å². The summed E-state index contributed by atoms with van der Waals surface area (Å²) in [5, 5.41) is 0. The van der Waals surface area contributed by atoms with Crippen molar-refractivity contribution in [2.24, 2.45) is 0 Å². The second kappa shape index (κ2) is 14.2. The number of ether oxygens (including phenoxy) is 3. The lowest BCUT2D eigenvalue weighted by Crippen LogP contribution is -2.44. The molecule has 2 amide bonds. The van der Waals surface area contributed by atoms with E-state index in [-0.39, 0.29) is 18.4 Å². The smallest absolute Gasteiger partial charge is 0.254 e. The number of aryl methyl sites for hydroxylation is 2. The van der Waals surface area contributed by atoms with Crippen LogP contribution in [0.1, 0.15) is 39.4 Å². The van der Waals surface area contributed by atoms with Gasteiger partial charge in [0.05, 0.1) is 20.8 Å². The van der Waals surface area contributed by atoms with Crippen LogP contribution in [0.25, 0.3) is 0 Å². The highest BCUT2D eigenvalue weighted by atomic mass is 16.5. The van der Waals surface area contributed by atoms with Crippen LogP contribution in [0.2, 0.25) is 0 Å². The van der Waals surface area contributed by atoms with Crippen LogP contribution in [0.5, 0.6) is 11.5 Å². The van der Waals surface area contributed by atoms with Crippen molar-refractivity contribution in [2.45, 2.75) is 33.2 Å². The number of rotatable bonds is 14. The Morgan fingerprint density at radius 1 is 0.868 bits per heavy atom. The van der Waals surface area contributed by atoms with Crippen LogP contribution < -0.4 is 9.47 Å². The summed E-state index contributed by atoms with van der Waals surface area (Å²) in [6.45, 7) is 5.40. The molecule has 0 atom stereocenters. The number of carbonyl (C=O) groups is 2. The standard InChI is InChI=1S/C30H38N2O6/c1-22-9-6-7-10-26(22)30(34)32(16-8-18-35-3)21-29(33)31(20-25-13-11-23(2)38-25)17-15-24-12-14-27(36-4)28(19-24)37-5/h6-7,9-14,19H,8,15-18,20-21H2,1-5H3. The third kappa shape index (κ3) is 7.86. The van der Waals surface area contributed by atoms with Gasteiger partial charge in [-0.1, -0.05) is 24.3 Å². The van der Waals surface area contributed by atoms with Gasteiger partial charge in [0, 0.05) is 32.4 Å². The first-order valence-electron chi connectivity index (χ1n) is 12.7. The molecule has 0 spiro atoms. The highest BCUT2D eigenvalue weighted by molar-refractivity contribution is 5.97. The van der Waals surface area contributed by atoms with Gasteiger partial charge in [0.25, 0.3) is 5.91 Å². The van der Waals surface area contributed by atoms with Crippen molar-refractivity contribution in [2.75, 3.05) is 47.6 Å². The van der Waals surface area contributed by atoms with Crippen molar-refractivity contribution < 1.29 is 28.2 Å². The minimum absolute atomic E-state index is 0.0392. The quantitative estimate of drug-likeness (QED) is 0.287. The van der Waals surface area contributed by atoms with Crippen molar-refractivity contribution in [3.8, 4) is 11.5 Å². The zero-order chi connectivity index (χ0) is 27.5. The first kappa shape index (κ1) is 28.8. The second-order valence-electron chi connectivity index (χ2n) is 9.15. The van der Waals surface area contributed by atoms with Crippen molar-refractivity contribution in [3.05, 3.63) is 82.8 Å². The Hall–Kier alpha value is -3.78. The summed E-state index contributed by atoms with van der Waals surface area (Å²) in [5.41, 5.74) is 2.47. The number of amides is 2. The lowest BCUT2D eigenvalue weighted by Gasteiger charge is -2.28. The minimum Gasteiger partial charge on any atom is -0.493 e. The van der Waals surface area contributed by atoms with Crippen LogP contribution in [0.3, 0.4) is 0 Å². The molecule has 8 heteroatoms. The van der Waals surface area contributed by atoms with E-state index in [0.717, 1.165) is 16.9 Å². The Labute approximate surface area is 225 Å². The molecule has 2 aromatic carbocycles. The molecule has 38 heavy (non-hydrogen) atoms. The molecule has 0 aliphatic carbocycles. The number of benzene rings is 2. The molecular weight excluding hydrogens is 484 g/mol. The lowest BCUT2D eigenvalue weighted by molar-refractivity contribution is -0.132. The van der Waals surface area contributed by atoms with Crippen LogP contribution in [0.15, 0.2) is 59.0 Å². The fourth-order valence-corrected chi connectivity index (χ4v) is 4.25. The summed E-state index contributed by atoms with van der Waals surface area (Å²) < 4.78 is 21.7. The summed E-state index contributed by atoms with van der Waals surface area (Å²) in [5.74, 6) is 2.44. The van der Waals surface area contributed by atoms with E-state index < -0.39 is 0 Å². The maximum absolute atomic E-state index is 13.7. The molecule has 0 radical (unpaired) electrons. The Kier molecular flexibility index (Phi) is 10.8. The normalized spacial score (nSPS) is 10.8. The Morgan fingerprint density at radius 2 is 1.63 bits per heavy atom. The van der Waals surface area contributed by atoms with Gasteiger partial charge in [0.15, 0.2) is 11.5 Å². The van der Waals surface area contributed by atoms with E-state index in [1.807, 2.05) is 62.4 Å². The first-order valence-corrected chi connectivity index (χ1v) is 12.7. The molecule has 0 fully saturated rings. The van der Waals surface area contributed by atoms with Gasteiger partial charge in [0.1, 0.15) is 18.1 Å². The molecule has 0 aliphatic heterocycles. The molecule has 0 saturated heterocycles. The first-order chi connectivity index (χ1) is 18.4. The van der Waals surface area contributed by atoms with E-state index >= 15 is 0 Å². The van der Waals surface area contributed by atoms with Crippen LogP contribution in [-0.4, -0.2) is 69.2 Å². The number of carbonyl (C=O) groups excluding carboxylic acids is 2. The number of furan rings is 1. The van der Waals surface area contributed by atoms with E-state index in [1.54, 1.807) is 37.2 Å². The molecule has 3 aromatic rings. The van der Waals surface area contributed by atoms with E-state index in [2.05, 4.69) is 0 Å². The zero-order valence-corrected chi connectivity index (χ0v) is 23.0. The maximum atomic E-state index is 13.7. The van der Waals surface area contributed by atoms with Crippen LogP contribution in [0.4, 0.5) is 0 Å². The van der Waals surface area contributed by atoms with Crippen molar-refractivity contribution in [1.82, 2.24) is 9.80 Å². The number of hydrogen-bond donors (Lipinski definition) is 0. The molecule has 0 aliphatic rings. The molecule has 0 bridgehead atoms. The molecule has 0 N–H and O–H groups in total. The van der Waals surface area contributed by atoms with E-state index in [0.29, 0.717) is 61.9 Å². The molecule has 0 saturated carbocycles. The third-order valence-electron chi connectivity index (χ3n) is 6.38. The molecule has 1 heterocycles. The van der Waals surface area contributed by atoms with Crippen LogP contribution in [0, 0.1) is 13.8 Å². The van der Waals surface area contributed by atoms with E-state index in [9.17, 15) is 9.59 Å². The monoisotopic (exact) mass is 522 g/mol. The Balaban J connectivity index is 1.80. The molecule has 0 unspecified atom stereocenters. The highest BCUT2D eigenvalue weighted by Gasteiger charge is 2.24. The second-order valence-corrected chi connectivity index (χ2v) is 9.15. The fraction of sp³-hybridized carbons (Fsp3) is 0.400. The van der Waals surface area contributed by atoms with Gasteiger partial charge in [-0.25, -0.2) is 0 Å². The van der Waals surface area contributed by atoms with E-state index in [1.165, 1.54) is 0 Å². The van der Waals surface area contributed by atoms with Crippen LogP contribution >= 0.6 is 0 Å². The summed E-state index contributed by atoms with van der Waals surface area (Å²) in [6.07, 6.45) is 1.23. The average Bonchev–Trinajstić information content (AvgIpc) is 3.34. The Bertz CT molecular complexity index is 1200. The predicted molar refractivity (Wildman–Crippen MR) is 146 cm³/mol. The molecular formula is C30H38N2O6. The van der Waals surface area contributed by atoms with Gasteiger partial charge in [-0.15, -0.1) is 0 Å². The van der Waals surface area contributed by atoms with Gasteiger partial charge in [-0.2, -0.15) is 0 Å². The van der Waals surface area contributed by atoms with Gasteiger partial charge in [-0.05, 0) is 68.1 Å². The van der Waals surface area contributed by atoms with Gasteiger partial charge in [0.2, 0.25) is 5.91 Å². The predicted octanol–water partition coefficient (Wildman–Crippen LogP) is 4.66. The molecule has 204 valence electrons. The summed E-state index contributed by atoms with van der Waals surface area (Å²) in [7, 11) is 4.82. The molecule has 3 rings (SSSR count). The number of nitrogens with zero attached hydrogens (tertiary/aromatic N) is 2. The van der Waals surface area contributed by atoms with Crippen molar-refractivity contribution >= 4 is 11.8 Å². The van der Waals surface area contributed by atoms with Crippen LogP contribution in [-0.2, 0) is 22.5 Å². The SMILES string of the molecule is COCCCN(CC(=O)N(CCc1ccc(OC)c(OC)c1)Cc1ccc(C)o1)C(=O)c1ccccc1C. The summed E-state index contributed by atoms with van der Waals surface area (Å²) in [4.78, 5) is 30.5. The third-order valence-corrected chi connectivity index (χ3v) is 6.38. The highest BCUT2D eigenvalue weighted by Crippen LogP contribution is 2.28. The van der Waals surface area contributed by atoms with Gasteiger partial charge in [-0.3, -0.25) is 9.59 Å². The summed E-state index contributed by atoms with van der Waals surface area (Å²) in [6, 6.07) is 16.9. The van der Waals surface area contributed by atoms with Crippen molar-refractivity contribution in [1.29, 1.82) is 0 Å². The lowest BCUT2D eigenvalue weighted by atomic mass is 10.1. The molecule has 1 aromatic heterocycles. The topological polar surface area (TPSA) is 81.5 Å². The average molecular weight is 523 g/mol. The fourth-order valence-electron chi connectivity index (χ4n) is 4.25. The summed E-state index contributed by atoms with van der Waals surface area (Å²) >= 11 is 0. The number of methoxy groups -OCH3 is 3. The number of hydrogen-bond acceptors (Lipinski definition) is 6.